The molecule has 1 aromatic heterocycles. The van der Waals surface area contributed by atoms with Crippen LogP contribution in [0.2, 0.25) is 0 Å². The van der Waals surface area contributed by atoms with Crippen molar-refractivity contribution in [2.24, 2.45) is 5.92 Å². The fourth-order valence-corrected chi connectivity index (χ4v) is 3.67. The van der Waals surface area contributed by atoms with Gasteiger partial charge < -0.3 is 10.4 Å². The summed E-state index contributed by atoms with van der Waals surface area (Å²) in [7, 11) is 0. The van der Waals surface area contributed by atoms with E-state index >= 15 is 0 Å². The normalized spacial score (nSPS) is 23.6. The van der Waals surface area contributed by atoms with Crippen LogP contribution in [0.25, 0.3) is 0 Å². The number of unbranched alkanes of at least 4 members (excludes halogenated alkanes) is 7. The van der Waals surface area contributed by atoms with Gasteiger partial charge in [-0.3, -0.25) is 4.79 Å². The molecule has 1 saturated carbocycles. The molecule has 0 bridgehead atoms. The standard InChI is InChI=1S/C18H32N4O2/c1-2-3-4-5-6-7-8-9-10-19-16-13-15(18(23)24)14-17(16)22-12-11-20-21-22/h11-12,15-17,19H,2-10,13-14H2,1H3,(H,23,24)/t15?,16-,17+/m1/s1. The molecule has 0 aromatic carbocycles. The van der Waals surface area contributed by atoms with Crippen LogP contribution in [0, 0.1) is 5.92 Å². The third kappa shape index (κ3) is 5.89. The van der Waals surface area contributed by atoms with E-state index in [9.17, 15) is 9.90 Å². The van der Waals surface area contributed by atoms with E-state index < -0.39 is 5.97 Å². The Bertz CT molecular complexity index is 464. The van der Waals surface area contributed by atoms with Crippen LogP contribution >= 0.6 is 0 Å². The van der Waals surface area contributed by atoms with Crippen LogP contribution in [0.5, 0.6) is 0 Å². The number of carbonyl (C=O) groups is 1. The first-order chi connectivity index (χ1) is 11.7. The number of aliphatic carboxylic acids is 1. The zero-order valence-electron chi connectivity index (χ0n) is 14.9. The molecule has 3 atom stereocenters. The predicted octanol–water partition coefficient (Wildman–Crippen LogP) is 3.41. The molecule has 1 heterocycles. The van der Waals surface area contributed by atoms with E-state index in [4.69, 9.17) is 0 Å². The molecular weight excluding hydrogens is 304 g/mol. The maximum Gasteiger partial charge on any atom is 0.306 e. The largest absolute Gasteiger partial charge is 0.481 e. The van der Waals surface area contributed by atoms with Crippen molar-refractivity contribution in [2.45, 2.75) is 83.2 Å². The van der Waals surface area contributed by atoms with Crippen LogP contribution in [0.1, 0.15) is 77.2 Å². The second-order valence-corrected chi connectivity index (χ2v) is 6.99. The van der Waals surface area contributed by atoms with Gasteiger partial charge in [0.2, 0.25) is 0 Å². The molecule has 0 aliphatic heterocycles. The van der Waals surface area contributed by atoms with Gasteiger partial charge >= 0.3 is 5.97 Å². The highest BCUT2D eigenvalue weighted by Crippen LogP contribution is 2.34. The van der Waals surface area contributed by atoms with Gasteiger partial charge in [0.05, 0.1) is 18.2 Å². The van der Waals surface area contributed by atoms with Gasteiger partial charge in [-0.25, -0.2) is 4.68 Å². The Kier molecular flexibility index (Phi) is 8.22. The van der Waals surface area contributed by atoms with Crippen molar-refractivity contribution >= 4 is 5.97 Å². The summed E-state index contributed by atoms with van der Waals surface area (Å²) >= 11 is 0. The molecule has 1 aliphatic rings. The SMILES string of the molecule is CCCCCCCCCCN[C@@H]1CC(C(=O)O)C[C@@H]1n1ccnn1. The zero-order chi connectivity index (χ0) is 17.2. The van der Waals surface area contributed by atoms with E-state index in [0.717, 1.165) is 13.0 Å². The van der Waals surface area contributed by atoms with Crippen molar-refractivity contribution in [2.75, 3.05) is 6.54 Å². The number of carboxylic acid groups (broad SMARTS) is 1. The van der Waals surface area contributed by atoms with Crippen molar-refractivity contribution in [3.05, 3.63) is 12.4 Å². The molecule has 2 rings (SSSR count). The monoisotopic (exact) mass is 336 g/mol. The minimum absolute atomic E-state index is 0.0997. The van der Waals surface area contributed by atoms with Gasteiger partial charge in [0.1, 0.15) is 0 Å². The fourth-order valence-electron chi connectivity index (χ4n) is 3.67. The molecule has 0 saturated heterocycles. The Hall–Kier alpha value is -1.43. The van der Waals surface area contributed by atoms with Crippen molar-refractivity contribution < 1.29 is 9.90 Å². The van der Waals surface area contributed by atoms with Gasteiger partial charge in [0.25, 0.3) is 0 Å². The molecule has 6 heteroatoms. The molecule has 0 radical (unpaired) electrons. The highest BCUT2D eigenvalue weighted by Gasteiger charge is 2.39. The van der Waals surface area contributed by atoms with Gasteiger partial charge in [-0.05, 0) is 25.8 Å². The van der Waals surface area contributed by atoms with Crippen LogP contribution in [0.3, 0.4) is 0 Å². The van der Waals surface area contributed by atoms with Gasteiger partial charge in [0, 0.05) is 12.2 Å². The Morgan fingerprint density at radius 3 is 2.50 bits per heavy atom. The third-order valence-electron chi connectivity index (χ3n) is 5.10. The molecule has 1 fully saturated rings. The maximum atomic E-state index is 11.3. The number of hydrogen-bond donors (Lipinski definition) is 2. The lowest BCUT2D eigenvalue weighted by molar-refractivity contribution is -0.141. The molecule has 0 spiro atoms. The summed E-state index contributed by atoms with van der Waals surface area (Å²) in [5.41, 5.74) is 0. The highest BCUT2D eigenvalue weighted by molar-refractivity contribution is 5.70. The molecular formula is C18H32N4O2. The Labute approximate surface area is 145 Å². The summed E-state index contributed by atoms with van der Waals surface area (Å²) in [6, 6.07) is 0.278. The average molecular weight is 336 g/mol. The van der Waals surface area contributed by atoms with E-state index in [1.807, 2.05) is 10.9 Å². The van der Waals surface area contributed by atoms with E-state index in [1.54, 1.807) is 6.20 Å². The number of nitrogens with zero attached hydrogens (tertiary/aromatic N) is 3. The quantitative estimate of drug-likeness (QED) is 0.572. The number of hydrogen-bond acceptors (Lipinski definition) is 4. The Morgan fingerprint density at radius 1 is 1.17 bits per heavy atom. The van der Waals surface area contributed by atoms with Crippen molar-refractivity contribution in [3.8, 4) is 0 Å². The van der Waals surface area contributed by atoms with Gasteiger partial charge in [-0.2, -0.15) is 0 Å². The topological polar surface area (TPSA) is 80.0 Å². The van der Waals surface area contributed by atoms with Gasteiger partial charge in [0.15, 0.2) is 0 Å². The van der Waals surface area contributed by atoms with Crippen molar-refractivity contribution in [3.63, 3.8) is 0 Å². The van der Waals surface area contributed by atoms with Crippen LogP contribution in [0.15, 0.2) is 12.4 Å². The van der Waals surface area contributed by atoms with Crippen molar-refractivity contribution in [1.82, 2.24) is 20.3 Å². The molecule has 2 N–H and O–H groups in total. The molecule has 136 valence electrons. The van der Waals surface area contributed by atoms with Gasteiger partial charge in [-0.15, -0.1) is 5.10 Å². The predicted molar refractivity (Wildman–Crippen MR) is 93.8 cm³/mol. The summed E-state index contributed by atoms with van der Waals surface area (Å²) < 4.78 is 1.81. The lowest BCUT2D eigenvalue weighted by Gasteiger charge is -2.20. The second-order valence-electron chi connectivity index (χ2n) is 6.99. The van der Waals surface area contributed by atoms with E-state index in [1.165, 1.54) is 44.9 Å². The Balaban J connectivity index is 1.65. The first-order valence-corrected chi connectivity index (χ1v) is 9.54. The molecule has 6 nitrogen and oxygen atoms in total. The zero-order valence-corrected chi connectivity index (χ0v) is 14.9. The van der Waals surface area contributed by atoms with Crippen LogP contribution in [0.4, 0.5) is 0 Å². The minimum atomic E-state index is -0.698. The highest BCUT2D eigenvalue weighted by atomic mass is 16.4. The minimum Gasteiger partial charge on any atom is -0.481 e. The van der Waals surface area contributed by atoms with Crippen LogP contribution in [-0.2, 0) is 4.79 Å². The lowest BCUT2D eigenvalue weighted by atomic mass is 10.1. The van der Waals surface area contributed by atoms with Crippen LogP contribution < -0.4 is 5.32 Å². The average Bonchev–Trinajstić information content (AvgIpc) is 3.22. The number of carboxylic acids is 1. The molecule has 1 aliphatic carbocycles. The smallest absolute Gasteiger partial charge is 0.306 e. The summed E-state index contributed by atoms with van der Waals surface area (Å²) in [5.74, 6) is -0.980. The summed E-state index contributed by atoms with van der Waals surface area (Å²) in [4.78, 5) is 11.3. The fraction of sp³-hybridized carbons (Fsp3) is 0.833. The second kappa shape index (κ2) is 10.4. The number of aromatic nitrogens is 3. The Morgan fingerprint density at radius 2 is 1.88 bits per heavy atom. The first-order valence-electron chi connectivity index (χ1n) is 9.54. The number of rotatable bonds is 12. The molecule has 24 heavy (non-hydrogen) atoms. The van der Waals surface area contributed by atoms with E-state index in [0.29, 0.717) is 12.8 Å². The van der Waals surface area contributed by atoms with Crippen molar-refractivity contribution in [1.29, 1.82) is 0 Å². The van der Waals surface area contributed by atoms with Crippen LogP contribution in [-0.4, -0.2) is 38.7 Å². The molecule has 1 aromatic rings. The lowest BCUT2D eigenvalue weighted by Crippen LogP contribution is -2.35. The summed E-state index contributed by atoms with van der Waals surface area (Å²) in [5, 5.41) is 20.8. The third-order valence-corrected chi connectivity index (χ3v) is 5.10. The first kappa shape index (κ1) is 18.9. The van der Waals surface area contributed by atoms with Gasteiger partial charge in [-0.1, -0.05) is 57.1 Å². The van der Waals surface area contributed by atoms with E-state index in [-0.39, 0.29) is 18.0 Å². The van der Waals surface area contributed by atoms with E-state index in [2.05, 4.69) is 22.6 Å². The summed E-state index contributed by atoms with van der Waals surface area (Å²) in [6.07, 6.45) is 15.2. The molecule has 1 unspecified atom stereocenters. The number of nitrogens with one attached hydrogen (secondary N) is 1. The maximum absolute atomic E-state index is 11.3. The summed E-state index contributed by atoms with van der Waals surface area (Å²) in [6.45, 7) is 3.20. The molecule has 0 amide bonds.